The minimum atomic E-state index is -3.50. The molecule has 1 aromatic rings. The normalized spacial score (nSPS) is 11.8. The molecule has 0 N–H and O–H groups in total. The van der Waals surface area contributed by atoms with Gasteiger partial charge in [0.2, 0.25) is 15.9 Å². The zero-order valence-electron chi connectivity index (χ0n) is 9.18. The van der Waals surface area contributed by atoms with Crippen molar-refractivity contribution in [3.05, 3.63) is 17.8 Å². The second kappa shape index (κ2) is 4.16. The molecule has 0 aliphatic carbocycles. The molecule has 0 bridgehead atoms. The van der Waals surface area contributed by atoms with E-state index in [0.29, 0.717) is 0 Å². The van der Waals surface area contributed by atoms with Gasteiger partial charge in [0.15, 0.2) is 0 Å². The zero-order chi connectivity index (χ0) is 11.6. The van der Waals surface area contributed by atoms with Gasteiger partial charge in [-0.3, -0.25) is 0 Å². The van der Waals surface area contributed by atoms with Crippen molar-refractivity contribution in [1.82, 2.24) is 9.29 Å². The second-order valence-electron chi connectivity index (χ2n) is 3.31. The van der Waals surface area contributed by atoms with E-state index >= 15 is 0 Å². The highest BCUT2D eigenvalue weighted by Gasteiger charge is 2.23. The monoisotopic (exact) mass is 230 g/mol. The van der Waals surface area contributed by atoms with E-state index in [1.807, 2.05) is 0 Å². The van der Waals surface area contributed by atoms with Crippen LogP contribution in [-0.2, 0) is 10.0 Å². The van der Waals surface area contributed by atoms with E-state index in [9.17, 15) is 8.42 Å². The van der Waals surface area contributed by atoms with Crippen molar-refractivity contribution in [3.8, 4) is 5.88 Å². The molecular formula is C9H14N2O3S. The molecule has 0 atom stereocenters. The fourth-order valence-corrected chi connectivity index (χ4v) is 2.15. The number of aromatic nitrogens is 1. The highest BCUT2D eigenvalue weighted by atomic mass is 32.2. The van der Waals surface area contributed by atoms with Gasteiger partial charge in [0.1, 0.15) is 4.90 Å². The van der Waals surface area contributed by atoms with Crippen molar-refractivity contribution in [2.24, 2.45) is 0 Å². The molecule has 0 fully saturated rings. The van der Waals surface area contributed by atoms with Gasteiger partial charge in [-0.05, 0) is 18.6 Å². The van der Waals surface area contributed by atoms with Crippen LogP contribution in [-0.4, -0.2) is 38.9 Å². The first kappa shape index (κ1) is 11.9. The average Bonchev–Trinajstić information content (AvgIpc) is 2.17. The Morgan fingerprint density at radius 2 is 2.00 bits per heavy atom. The molecule has 5 nitrogen and oxygen atoms in total. The number of hydrogen-bond donors (Lipinski definition) is 0. The Bertz CT molecular complexity index is 454. The third-order valence-corrected chi connectivity index (χ3v) is 3.72. The molecule has 0 spiro atoms. The van der Waals surface area contributed by atoms with E-state index in [-0.39, 0.29) is 10.8 Å². The number of nitrogens with zero attached hydrogens (tertiary/aromatic N) is 2. The standard InChI is InChI=1S/C9H14N2O3S/c1-7-5-8(9(14-4)10-6-7)15(12,13)11(2)3/h5-6H,1-4H3. The van der Waals surface area contributed by atoms with Crippen LogP contribution in [0.1, 0.15) is 5.56 Å². The molecule has 0 aliphatic heterocycles. The van der Waals surface area contributed by atoms with Crippen LogP contribution in [0.5, 0.6) is 5.88 Å². The number of hydrogen-bond acceptors (Lipinski definition) is 4. The Labute approximate surface area is 89.7 Å². The van der Waals surface area contributed by atoms with Crippen molar-refractivity contribution in [2.75, 3.05) is 21.2 Å². The van der Waals surface area contributed by atoms with Gasteiger partial charge >= 0.3 is 0 Å². The van der Waals surface area contributed by atoms with Gasteiger partial charge in [-0.2, -0.15) is 0 Å². The predicted molar refractivity (Wildman–Crippen MR) is 56.4 cm³/mol. The Hall–Kier alpha value is -1.14. The van der Waals surface area contributed by atoms with Crippen molar-refractivity contribution in [1.29, 1.82) is 0 Å². The van der Waals surface area contributed by atoms with Crippen molar-refractivity contribution >= 4 is 10.0 Å². The number of aryl methyl sites for hydroxylation is 1. The van der Waals surface area contributed by atoms with Crippen LogP contribution in [0.2, 0.25) is 0 Å². The number of pyridine rings is 1. The molecule has 0 radical (unpaired) electrons. The lowest BCUT2D eigenvalue weighted by atomic mass is 10.3. The molecule has 0 aliphatic rings. The fraction of sp³-hybridized carbons (Fsp3) is 0.444. The van der Waals surface area contributed by atoms with Crippen LogP contribution in [0.3, 0.4) is 0 Å². The topological polar surface area (TPSA) is 59.5 Å². The molecule has 15 heavy (non-hydrogen) atoms. The number of ether oxygens (including phenoxy) is 1. The maximum Gasteiger partial charge on any atom is 0.247 e. The van der Waals surface area contributed by atoms with Crippen LogP contribution in [0.4, 0.5) is 0 Å². The molecule has 1 rings (SSSR count). The summed E-state index contributed by atoms with van der Waals surface area (Å²) in [6.07, 6.45) is 1.56. The largest absolute Gasteiger partial charge is 0.480 e. The minimum Gasteiger partial charge on any atom is -0.480 e. The van der Waals surface area contributed by atoms with Crippen LogP contribution < -0.4 is 4.74 Å². The van der Waals surface area contributed by atoms with Crippen LogP contribution in [0.15, 0.2) is 17.2 Å². The fourth-order valence-electron chi connectivity index (χ4n) is 1.06. The first-order valence-corrected chi connectivity index (χ1v) is 5.76. The van der Waals surface area contributed by atoms with Gasteiger partial charge in [-0.25, -0.2) is 17.7 Å². The molecule has 1 aromatic heterocycles. The first-order valence-electron chi connectivity index (χ1n) is 4.32. The SMILES string of the molecule is COc1ncc(C)cc1S(=O)(=O)N(C)C. The van der Waals surface area contributed by atoms with Crippen molar-refractivity contribution in [2.45, 2.75) is 11.8 Å². The molecule has 0 aromatic carbocycles. The zero-order valence-corrected chi connectivity index (χ0v) is 10.00. The summed E-state index contributed by atoms with van der Waals surface area (Å²) >= 11 is 0. The highest BCUT2D eigenvalue weighted by Crippen LogP contribution is 2.23. The third kappa shape index (κ3) is 2.27. The Kier molecular flexibility index (Phi) is 3.31. The Balaban J connectivity index is 3.42. The van der Waals surface area contributed by atoms with Gasteiger partial charge in [0.05, 0.1) is 7.11 Å². The quantitative estimate of drug-likeness (QED) is 0.765. The summed E-state index contributed by atoms with van der Waals surface area (Å²) < 4.78 is 29.8. The predicted octanol–water partition coefficient (Wildman–Crippen LogP) is 0.649. The lowest BCUT2D eigenvalue weighted by molar-refractivity contribution is 0.382. The van der Waals surface area contributed by atoms with Crippen LogP contribution in [0.25, 0.3) is 0 Å². The molecule has 84 valence electrons. The van der Waals surface area contributed by atoms with Crippen molar-refractivity contribution < 1.29 is 13.2 Å². The minimum absolute atomic E-state index is 0.0926. The van der Waals surface area contributed by atoms with E-state index in [4.69, 9.17) is 4.74 Å². The van der Waals surface area contributed by atoms with E-state index in [1.54, 1.807) is 19.2 Å². The van der Waals surface area contributed by atoms with E-state index in [2.05, 4.69) is 4.98 Å². The molecular weight excluding hydrogens is 216 g/mol. The number of methoxy groups -OCH3 is 1. The van der Waals surface area contributed by atoms with Gasteiger partial charge in [0, 0.05) is 20.3 Å². The van der Waals surface area contributed by atoms with Crippen LogP contribution in [0, 0.1) is 6.92 Å². The molecule has 6 heteroatoms. The second-order valence-corrected chi connectivity index (χ2v) is 5.43. The molecule has 1 heterocycles. The van der Waals surface area contributed by atoms with Gasteiger partial charge in [-0.1, -0.05) is 0 Å². The summed E-state index contributed by atoms with van der Waals surface area (Å²) in [5, 5.41) is 0. The van der Waals surface area contributed by atoms with Crippen molar-refractivity contribution in [3.63, 3.8) is 0 Å². The summed E-state index contributed by atoms with van der Waals surface area (Å²) in [5.74, 6) is 0.120. The third-order valence-electron chi connectivity index (χ3n) is 1.91. The molecule has 0 unspecified atom stereocenters. The van der Waals surface area contributed by atoms with E-state index in [0.717, 1.165) is 9.87 Å². The Morgan fingerprint density at radius 3 is 2.47 bits per heavy atom. The Morgan fingerprint density at radius 1 is 1.40 bits per heavy atom. The lowest BCUT2D eigenvalue weighted by Gasteiger charge is -2.13. The van der Waals surface area contributed by atoms with Crippen LogP contribution >= 0.6 is 0 Å². The highest BCUT2D eigenvalue weighted by molar-refractivity contribution is 7.89. The summed E-state index contributed by atoms with van der Waals surface area (Å²) in [4.78, 5) is 4.01. The summed E-state index contributed by atoms with van der Waals surface area (Å²) in [7, 11) is 0.838. The van der Waals surface area contributed by atoms with Gasteiger partial charge in [-0.15, -0.1) is 0 Å². The number of rotatable bonds is 3. The maximum absolute atomic E-state index is 11.9. The first-order chi connectivity index (χ1) is 6.89. The van der Waals surface area contributed by atoms with Gasteiger partial charge in [0.25, 0.3) is 0 Å². The number of sulfonamides is 1. The molecule has 0 saturated heterocycles. The van der Waals surface area contributed by atoms with E-state index in [1.165, 1.54) is 21.2 Å². The maximum atomic E-state index is 11.9. The summed E-state index contributed by atoms with van der Waals surface area (Å²) in [6.45, 7) is 1.78. The molecule has 0 amide bonds. The van der Waals surface area contributed by atoms with Gasteiger partial charge < -0.3 is 4.74 Å². The molecule has 0 saturated carbocycles. The lowest BCUT2D eigenvalue weighted by Crippen LogP contribution is -2.23. The smallest absolute Gasteiger partial charge is 0.247 e. The summed E-state index contributed by atoms with van der Waals surface area (Å²) in [5.41, 5.74) is 0.774. The van der Waals surface area contributed by atoms with E-state index < -0.39 is 10.0 Å². The summed E-state index contributed by atoms with van der Waals surface area (Å²) in [6, 6.07) is 1.54. The average molecular weight is 230 g/mol.